The van der Waals surface area contributed by atoms with Crippen LogP contribution in [0, 0.1) is 5.92 Å². The number of benzene rings is 1. The molecule has 26 heavy (non-hydrogen) atoms. The van der Waals surface area contributed by atoms with Gasteiger partial charge in [-0.3, -0.25) is 24.7 Å². The van der Waals surface area contributed by atoms with Crippen molar-refractivity contribution in [2.24, 2.45) is 11.8 Å². The smallest absolute Gasteiger partial charge is 0.251 e. The third-order valence-corrected chi connectivity index (χ3v) is 4.94. The zero-order valence-corrected chi connectivity index (χ0v) is 14.8. The molecule has 3 amide bonds. The summed E-state index contributed by atoms with van der Waals surface area (Å²) in [7, 11) is 0. The first-order chi connectivity index (χ1) is 12.5. The normalized spacial score (nSPS) is 24.0. The monoisotopic (exact) mass is 360 g/mol. The lowest BCUT2D eigenvalue weighted by Crippen LogP contribution is -2.50. The van der Waals surface area contributed by atoms with Gasteiger partial charge < -0.3 is 4.74 Å². The summed E-state index contributed by atoms with van der Waals surface area (Å²) in [6, 6.07) is 6.39. The molecule has 140 valence electrons. The second-order valence-electron chi connectivity index (χ2n) is 6.56. The molecule has 0 aromatic heterocycles. The molecule has 0 bridgehead atoms. The first kappa shape index (κ1) is 18.3. The fraction of sp³-hybridized carbons (Fsp3) is 0.500. The highest BCUT2D eigenvalue weighted by Crippen LogP contribution is 2.29. The molecular weight excluding hydrogens is 336 g/mol. The lowest BCUT2D eigenvalue weighted by molar-refractivity contribution is -0.129. The number of hydrogen-bond acceptors (Lipinski definition) is 6. The van der Waals surface area contributed by atoms with Crippen LogP contribution in [0.5, 0.6) is 5.75 Å². The van der Waals surface area contributed by atoms with Crippen molar-refractivity contribution < 1.29 is 19.1 Å². The molecule has 8 heteroatoms. The molecule has 0 radical (unpaired) electrons. The van der Waals surface area contributed by atoms with E-state index in [1.165, 1.54) is 4.90 Å². The van der Waals surface area contributed by atoms with Crippen LogP contribution in [0.4, 0.5) is 5.69 Å². The summed E-state index contributed by atoms with van der Waals surface area (Å²) in [5.41, 5.74) is 2.72. The third-order valence-electron chi connectivity index (χ3n) is 4.94. The molecular formula is C18H24N4O4. The molecule has 3 N–H and O–H groups in total. The number of rotatable bonds is 5. The van der Waals surface area contributed by atoms with Crippen molar-refractivity contribution in [2.75, 3.05) is 24.6 Å². The van der Waals surface area contributed by atoms with Gasteiger partial charge in [0.1, 0.15) is 5.75 Å². The van der Waals surface area contributed by atoms with Crippen molar-refractivity contribution in [2.45, 2.75) is 32.2 Å². The molecule has 0 saturated carbocycles. The molecule has 0 aliphatic carbocycles. The molecule has 1 aromatic rings. The minimum absolute atomic E-state index is 0.128. The van der Waals surface area contributed by atoms with E-state index in [0.717, 1.165) is 12.8 Å². The highest BCUT2D eigenvalue weighted by Gasteiger charge is 2.44. The van der Waals surface area contributed by atoms with E-state index in [1.54, 1.807) is 24.3 Å². The van der Waals surface area contributed by atoms with Gasteiger partial charge in [0.25, 0.3) is 5.91 Å². The Morgan fingerprint density at radius 3 is 2.69 bits per heavy atom. The molecule has 2 fully saturated rings. The van der Waals surface area contributed by atoms with Gasteiger partial charge in [0.2, 0.25) is 11.8 Å². The van der Waals surface area contributed by atoms with E-state index in [2.05, 4.69) is 5.43 Å². The van der Waals surface area contributed by atoms with Crippen molar-refractivity contribution in [1.29, 1.82) is 0 Å². The van der Waals surface area contributed by atoms with Gasteiger partial charge in [0, 0.05) is 6.54 Å². The summed E-state index contributed by atoms with van der Waals surface area (Å²) in [6.45, 7) is 3.57. The maximum Gasteiger partial charge on any atom is 0.251 e. The van der Waals surface area contributed by atoms with Gasteiger partial charge in [-0.25, -0.2) is 10.7 Å². The first-order valence-corrected chi connectivity index (χ1v) is 8.89. The number of hydrazine groups is 1. The molecule has 2 heterocycles. The summed E-state index contributed by atoms with van der Waals surface area (Å²) in [4.78, 5) is 40.3. The minimum atomic E-state index is -0.526. The van der Waals surface area contributed by atoms with Gasteiger partial charge in [0.15, 0.2) is 0 Å². The Kier molecular flexibility index (Phi) is 5.53. The number of carbonyl (C=O) groups is 3. The average molecular weight is 360 g/mol. The highest BCUT2D eigenvalue weighted by molar-refractivity contribution is 6.22. The molecule has 2 aliphatic heterocycles. The number of ether oxygens (including phenoxy) is 1. The van der Waals surface area contributed by atoms with Crippen LogP contribution >= 0.6 is 0 Å². The zero-order chi connectivity index (χ0) is 18.7. The van der Waals surface area contributed by atoms with Crippen LogP contribution in [0.2, 0.25) is 0 Å². The Balaban J connectivity index is 1.73. The molecule has 2 saturated heterocycles. The number of carbonyl (C=O) groups excluding carboxylic acids is 3. The summed E-state index contributed by atoms with van der Waals surface area (Å²) in [5, 5.41) is 0. The number of nitrogens with two attached hydrogens (primary N) is 1. The van der Waals surface area contributed by atoms with Gasteiger partial charge in [-0.05, 0) is 50.6 Å². The first-order valence-electron chi connectivity index (χ1n) is 8.89. The zero-order valence-electron chi connectivity index (χ0n) is 14.8. The average Bonchev–Trinajstić information content (AvgIpc) is 2.96. The minimum Gasteiger partial charge on any atom is -0.494 e. The Hall–Kier alpha value is -2.45. The molecule has 2 aliphatic rings. The predicted octanol–water partition coefficient (Wildman–Crippen LogP) is 0.419. The van der Waals surface area contributed by atoms with E-state index in [-0.39, 0.29) is 30.1 Å². The van der Waals surface area contributed by atoms with Crippen molar-refractivity contribution >= 4 is 23.4 Å². The van der Waals surface area contributed by atoms with E-state index >= 15 is 0 Å². The number of amides is 3. The van der Waals surface area contributed by atoms with Crippen molar-refractivity contribution in [1.82, 2.24) is 10.3 Å². The van der Waals surface area contributed by atoms with Crippen LogP contribution in [0.3, 0.4) is 0 Å². The number of likely N-dealkylation sites (tertiary alicyclic amines) is 1. The topological polar surface area (TPSA) is 105 Å². The molecule has 3 rings (SSSR count). The fourth-order valence-corrected chi connectivity index (χ4v) is 3.65. The molecule has 8 nitrogen and oxygen atoms in total. The van der Waals surface area contributed by atoms with Crippen LogP contribution < -0.4 is 20.9 Å². The van der Waals surface area contributed by atoms with Crippen LogP contribution in [0.1, 0.15) is 26.2 Å². The van der Waals surface area contributed by atoms with E-state index in [9.17, 15) is 14.4 Å². The number of nitrogens with zero attached hydrogens (tertiary/aromatic N) is 2. The van der Waals surface area contributed by atoms with Gasteiger partial charge >= 0.3 is 0 Å². The standard InChI is InChI=1S/C18H24N4O4/c1-2-26-14-7-5-13(6-8-14)22-16(23)10-15(18(22)25)21-9-3-4-12(11-21)17(24)20-19/h5-8,12,15H,2-4,9-11,19H2,1H3,(H,20,24)/t12-,15-/m0/s1. The van der Waals surface area contributed by atoms with Crippen molar-refractivity contribution in [3.63, 3.8) is 0 Å². The second kappa shape index (κ2) is 7.84. The summed E-state index contributed by atoms with van der Waals surface area (Å²) in [6.07, 6.45) is 1.65. The molecule has 2 atom stereocenters. The van der Waals surface area contributed by atoms with Crippen LogP contribution in [0.25, 0.3) is 0 Å². The maximum atomic E-state index is 12.9. The molecule has 0 spiro atoms. The van der Waals surface area contributed by atoms with Gasteiger partial charge in [-0.2, -0.15) is 0 Å². The summed E-state index contributed by atoms with van der Waals surface area (Å²) < 4.78 is 5.39. The van der Waals surface area contributed by atoms with Crippen molar-refractivity contribution in [3.05, 3.63) is 24.3 Å². The van der Waals surface area contributed by atoms with Gasteiger partial charge in [0.05, 0.1) is 30.7 Å². The second-order valence-corrected chi connectivity index (χ2v) is 6.56. The molecule has 0 unspecified atom stereocenters. The predicted molar refractivity (Wildman–Crippen MR) is 95.1 cm³/mol. The van der Waals surface area contributed by atoms with E-state index < -0.39 is 6.04 Å². The number of piperidine rings is 1. The number of imide groups is 1. The number of hydrogen-bond donors (Lipinski definition) is 2. The Morgan fingerprint density at radius 1 is 1.31 bits per heavy atom. The summed E-state index contributed by atoms with van der Waals surface area (Å²) in [5.74, 6) is 4.97. The Bertz CT molecular complexity index is 691. The largest absolute Gasteiger partial charge is 0.494 e. The van der Waals surface area contributed by atoms with Gasteiger partial charge in [-0.15, -0.1) is 0 Å². The van der Waals surface area contributed by atoms with E-state index in [1.807, 2.05) is 11.8 Å². The van der Waals surface area contributed by atoms with Crippen LogP contribution in [-0.2, 0) is 14.4 Å². The quantitative estimate of drug-likeness (QED) is 0.341. The highest BCUT2D eigenvalue weighted by atomic mass is 16.5. The summed E-state index contributed by atoms with van der Waals surface area (Å²) >= 11 is 0. The van der Waals surface area contributed by atoms with E-state index in [4.69, 9.17) is 10.6 Å². The third kappa shape index (κ3) is 3.56. The van der Waals surface area contributed by atoms with Crippen LogP contribution in [-0.4, -0.2) is 48.4 Å². The maximum absolute atomic E-state index is 12.9. The number of anilines is 1. The number of nitrogens with one attached hydrogen (secondary N) is 1. The lowest BCUT2D eigenvalue weighted by Gasteiger charge is -2.34. The van der Waals surface area contributed by atoms with Crippen LogP contribution in [0.15, 0.2) is 24.3 Å². The molecule has 1 aromatic carbocycles. The Labute approximate surface area is 152 Å². The lowest BCUT2D eigenvalue weighted by atomic mass is 9.95. The fourth-order valence-electron chi connectivity index (χ4n) is 3.65. The van der Waals surface area contributed by atoms with E-state index in [0.29, 0.717) is 31.1 Å². The SMILES string of the molecule is CCOc1ccc(N2C(=O)C[C@H](N3CCC[C@H](C(=O)NN)C3)C2=O)cc1. The van der Waals surface area contributed by atoms with Gasteiger partial charge in [-0.1, -0.05) is 0 Å². The Morgan fingerprint density at radius 2 is 2.04 bits per heavy atom. The van der Waals surface area contributed by atoms with Crippen molar-refractivity contribution in [3.8, 4) is 5.75 Å².